The fourth-order valence-electron chi connectivity index (χ4n) is 1.97. The summed E-state index contributed by atoms with van der Waals surface area (Å²) in [6, 6.07) is 7.49. The van der Waals surface area contributed by atoms with Crippen LogP contribution in [-0.2, 0) is 4.79 Å². The molecule has 2 N–H and O–H groups in total. The molecule has 0 saturated heterocycles. The second-order valence-electron chi connectivity index (χ2n) is 4.80. The number of hydrogen-bond acceptors (Lipinski definition) is 4. The van der Waals surface area contributed by atoms with Gasteiger partial charge in [-0.3, -0.25) is 9.20 Å². The van der Waals surface area contributed by atoms with Gasteiger partial charge in [-0.05, 0) is 26.1 Å². The van der Waals surface area contributed by atoms with Crippen LogP contribution in [0.15, 0.2) is 42.0 Å². The van der Waals surface area contributed by atoms with Gasteiger partial charge in [-0.15, -0.1) is 11.3 Å². The molecule has 1 unspecified atom stereocenters. The number of anilines is 1. The third-order valence-corrected chi connectivity index (χ3v) is 4.14. The van der Waals surface area contributed by atoms with Crippen molar-refractivity contribution in [1.82, 2.24) is 14.7 Å². The van der Waals surface area contributed by atoms with Gasteiger partial charge in [0.15, 0.2) is 4.96 Å². The van der Waals surface area contributed by atoms with Crippen molar-refractivity contribution in [3.63, 3.8) is 0 Å². The van der Waals surface area contributed by atoms with Crippen LogP contribution in [0.3, 0.4) is 0 Å². The molecule has 21 heavy (non-hydrogen) atoms. The van der Waals surface area contributed by atoms with Crippen LogP contribution in [0.5, 0.6) is 0 Å². The average molecular weight is 300 g/mol. The van der Waals surface area contributed by atoms with E-state index < -0.39 is 0 Å². The normalized spacial score (nSPS) is 12.5. The van der Waals surface area contributed by atoms with Crippen molar-refractivity contribution in [3.8, 4) is 11.3 Å². The zero-order chi connectivity index (χ0) is 14.8. The minimum Gasteiger partial charge on any atom is -0.325 e. The molecule has 1 aromatic carbocycles. The van der Waals surface area contributed by atoms with Gasteiger partial charge < -0.3 is 10.6 Å². The van der Waals surface area contributed by atoms with Crippen molar-refractivity contribution in [1.29, 1.82) is 0 Å². The number of rotatable bonds is 4. The van der Waals surface area contributed by atoms with Gasteiger partial charge in [-0.25, -0.2) is 4.98 Å². The zero-order valence-corrected chi connectivity index (χ0v) is 12.6. The van der Waals surface area contributed by atoms with E-state index in [4.69, 9.17) is 0 Å². The maximum Gasteiger partial charge on any atom is 0.241 e. The number of carbonyl (C=O) groups is 1. The lowest BCUT2D eigenvalue weighted by Crippen LogP contribution is -2.35. The molecule has 5 nitrogen and oxygen atoms in total. The van der Waals surface area contributed by atoms with Gasteiger partial charge in [0.25, 0.3) is 0 Å². The fraction of sp³-hybridized carbons (Fsp3) is 0.200. The monoisotopic (exact) mass is 300 g/mol. The Labute approximate surface area is 126 Å². The first kappa shape index (κ1) is 13.8. The van der Waals surface area contributed by atoms with Crippen LogP contribution in [0.1, 0.15) is 6.92 Å². The van der Waals surface area contributed by atoms with E-state index in [1.54, 1.807) is 18.4 Å². The third kappa shape index (κ3) is 2.81. The van der Waals surface area contributed by atoms with Gasteiger partial charge in [0.2, 0.25) is 5.91 Å². The summed E-state index contributed by atoms with van der Waals surface area (Å²) in [5.41, 5.74) is 2.75. The first-order chi connectivity index (χ1) is 10.2. The zero-order valence-electron chi connectivity index (χ0n) is 11.8. The lowest BCUT2D eigenvalue weighted by Gasteiger charge is -2.11. The van der Waals surface area contributed by atoms with Crippen molar-refractivity contribution in [3.05, 3.63) is 42.0 Å². The molecule has 0 saturated carbocycles. The summed E-state index contributed by atoms with van der Waals surface area (Å²) in [4.78, 5) is 17.3. The van der Waals surface area contributed by atoms with Gasteiger partial charge in [-0.1, -0.05) is 12.1 Å². The van der Waals surface area contributed by atoms with Gasteiger partial charge in [-0.2, -0.15) is 0 Å². The maximum atomic E-state index is 11.8. The maximum absolute atomic E-state index is 11.8. The number of carbonyl (C=O) groups excluding carboxylic acids is 1. The molecule has 0 aliphatic carbocycles. The van der Waals surface area contributed by atoms with E-state index in [0.29, 0.717) is 0 Å². The second-order valence-corrected chi connectivity index (χ2v) is 5.67. The number of amides is 1. The van der Waals surface area contributed by atoms with Gasteiger partial charge >= 0.3 is 0 Å². The molecule has 3 aromatic rings. The minimum atomic E-state index is -0.218. The number of likely N-dealkylation sites (N-methyl/N-ethyl adjacent to an activating group) is 1. The predicted molar refractivity (Wildman–Crippen MR) is 85.7 cm³/mol. The smallest absolute Gasteiger partial charge is 0.241 e. The van der Waals surface area contributed by atoms with Crippen molar-refractivity contribution in [2.75, 3.05) is 12.4 Å². The lowest BCUT2D eigenvalue weighted by molar-refractivity contribution is -0.117. The van der Waals surface area contributed by atoms with Crippen molar-refractivity contribution in [2.45, 2.75) is 13.0 Å². The molecule has 0 radical (unpaired) electrons. The van der Waals surface area contributed by atoms with Crippen LogP contribution in [0.25, 0.3) is 16.2 Å². The van der Waals surface area contributed by atoms with E-state index >= 15 is 0 Å². The Hall–Kier alpha value is -2.18. The summed E-state index contributed by atoms with van der Waals surface area (Å²) in [6.45, 7) is 1.82. The second kappa shape index (κ2) is 5.67. The van der Waals surface area contributed by atoms with E-state index in [1.807, 2.05) is 53.4 Å². The molecule has 0 bridgehead atoms. The number of nitrogens with zero attached hydrogens (tertiary/aromatic N) is 2. The number of fused-ring (bicyclic) bond motifs is 1. The molecule has 6 heteroatoms. The predicted octanol–water partition coefficient (Wildman–Crippen LogP) is 2.61. The minimum absolute atomic E-state index is 0.0484. The summed E-state index contributed by atoms with van der Waals surface area (Å²) < 4.78 is 2.00. The standard InChI is InChI=1S/C15H16N4OS/c1-10(16-2)14(20)17-12-5-3-11(4-6-12)13-9-19-7-8-21-15(19)18-13/h3-10,16H,1-2H3,(H,17,20). The number of hydrogen-bond donors (Lipinski definition) is 2. The Bertz CT molecular complexity index is 731. The number of nitrogens with one attached hydrogen (secondary N) is 2. The molecular formula is C15H16N4OS. The van der Waals surface area contributed by atoms with Crippen LogP contribution in [0.4, 0.5) is 5.69 Å². The SMILES string of the molecule is CNC(C)C(=O)Nc1ccc(-c2cn3ccsc3n2)cc1. The number of aromatic nitrogens is 2. The first-order valence-electron chi connectivity index (χ1n) is 6.68. The van der Waals surface area contributed by atoms with E-state index in [1.165, 1.54) is 0 Å². The van der Waals surface area contributed by atoms with Crippen LogP contribution in [0, 0.1) is 0 Å². The van der Waals surface area contributed by atoms with E-state index in [-0.39, 0.29) is 11.9 Å². The lowest BCUT2D eigenvalue weighted by atomic mass is 10.1. The highest BCUT2D eigenvalue weighted by molar-refractivity contribution is 7.15. The summed E-state index contributed by atoms with van der Waals surface area (Å²) in [7, 11) is 1.76. The first-order valence-corrected chi connectivity index (χ1v) is 7.56. The van der Waals surface area contributed by atoms with Crippen molar-refractivity contribution < 1.29 is 4.79 Å². The molecule has 0 fully saturated rings. The molecule has 2 heterocycles. The number of benzene rings is 1. The largest absolute Gasteiger partial charge is 0.325 e. The van der Waals surface area contributed by atoms with Crippen LogP contribution in [0.2, 0.25) is 0 Å². The average Bonchev–Trinajstić information content (AvgIpc) is 3.08. The molecule has 0 spiro atoms. The Balaban J connectivity index is 1.77. The van der Waals surface area contributed by atoms with Gasteiger partial charge in [0.1, 0.15) is 0 Å². The van der Waals surface area contributed by atoms with Crippen LogP contribution >= 0.6 is 11.3 Å². The fourth-order valence-corrected chi connectivity index (χ4v) is 2.67. The van der Waals surface area contributed by atoms with E-state index in [0.717, 1.165) is 21.9 Å². The highest BCUT2D eigenvalue weighted by atomic mass is 32.1. The molecule has 108 valence electrons. The van der Waals surface area contributed by atoms with Gasteiger partial charge in [0, 0.05) is 29.0 Å². The van der Waals surface area contributed by atoms with Crippen molar-refractivity contribution >= 4 is 27.9 Å². The van der Waals surface area contributed by atoms with Crippen LogP contribution in [-0.4, -0.2) is 28.4 Å². The van der Waals surface area contributed by atoms with Gasteiger partial charge in [0.05, 0.1) is 11.7 Å². The topological polar surface area (TPSA) is 58.4 Å². The Kier molecular flexibility index (Phi) is 3.72. The van der Waals surface area contributed by atoms with Crippen LogP contribution < -0.4 is 10.6 Å². The molecule has 3 rings (SSSR count). The molecule has 1 amide bonds. The quantitative estimate of drug-likeness (QED) is 0.778. The summed E-state index contributed by atoms with van der Waals surface area (Å²) in [6.07, 6.45) is 3.99. The highest BCUT2D eigenvalue weighted by Crippen LogP contribution is 2.23. The van der Waals surface area contributed by atoms with E-state index in [2.05, 4.69) is 15.6 Å². The summed E-state index contributed by atoms with van der Waals surface area (Å²) >= 11 is 1.61. The number of thiazole rings is 1. The molecule has 0 aliphatic rings. The van der Waals surface area contributed by atoms with E-state index in [9.17, 15) is 4.79 Å². The number of imidazole rings is 1. The Morgan fingerprint density at radius 1 is 1.33 bits per heavy atom. The Morgan fingerprint density at radius 2 is 2.10 bits per heavy atom. The summed E-state index contributed by atoms with van der Waals surface area (Å²) in [5.74, 6) is -0.0484. The van der Waals surface area contributed by atoms with Crippen molar-refractivity contribution in [2.24, 2.45) is 0 Å². The summed E-state index contributed by atoms with van der Waals surface area (Å²) in [5, 5.41) is 7.79. The highest BCUT2D eigenvalue weighted by Gasteiger charge is 2.10. The molecule has 2 aromatic heterocycles. The molecule has 1 atom stereocenters. The molecule has 0 aliphatic heterocycles. The molecular weight excluding hydrogens is 284 g/mol. The third-order valence-electron chi connectivity index (χ3n) is 3.37. The Morgan fingerprint density at radius 3 is 2.76 bits per heavy atom.